The Labute approximate surface area is 103 Å². The Morgan fingerprint density at radius 2 is 2.17 bits per heavy atom. The highest BCUT2D eigenvalue weighted by atomic mass is 16.6. The maximum atomic E-state index is 10.6. The van der Waals surface area contributed by atoms with Crippen molar-refractivity contribution in [1.29, 1.82) is 0 Å². The number of nitrogens with two attached hydrogens (primary N) is 1. The minimum absolute atomic E-state index is 0.151. The van der Waals surface area contributed by atoms with Gasteiger partial charge in [-0.1, -0.05) is 13.8 Å². The van der Waals surface area contributed by atoms with Crippen LogP contribution in [-0.2, 0) is 7.05 Å². The Balaban J connectivity index is 2.56. The summed E-state index contributed by atoms with van der Waals surface area (Å²) in [6.45, 7) is 3.96. The molecule has 0 saturated heterocycles. The van der Waals surface area contributed by atoms with E-state index in [0.717, 1.165) is 5.56 Å². The van der Waals surface area contributed by atoms with E-state index in [9.17, 15) is 10.1 Å². The number of hydrogen-bond donors (Lipinski definition) is 1. The summed E-state index contributed by atoms with van der Waals surface area (Å²) in [5, 5.41) is 14.8. The second kappa shape index (κ2) is 4.17. The number of furan rings is 1. The summed E-state index contributed by atoms with van der Waals surface area (Å²) in [7, 11) is 1.72. The number of nitrogens with zero attached hydrogens (tertiary/aromatic N) is 3. The van der Waals surface area contributed by atoms with E-state index in [1.54, 1.807) is 11.7 Å². The Bertz CT molecular complexity index is 597. The van der Waals surface area contributed by atoms with E-state index in [2.05, 4.69) is 5.10 Å². The van der Waals surface area contributed by atoms with Crippen molar-refractivity contribution in [2.75, 3.05) is 5.73 Å². The average molecular weight is 250 g/mol. The SMILES string of the molecule is CC(C)c1c(-c2ccc([N+](=O)[O-])o2)nn(C)c1N. The van der Waals surface area contributed by atoms with Crippen LogP contribution in [0.2, 0.25) is 0 Å². The molecule has 96 valence electrons. The lowest BCUT2D eigenvalue weighted by Crippen LogP contribution is -2.00. The third-order valence-corrected chi connectivity index (χ3v) is 2.71. The van der Waals surface area contributed by atoms with E-state index in [4.69, 9.17) is 10.2 Å². The predicted molar refractivity (Wildman–Crippen MR) is 66.1 cm³/mol. The zero-order valence-corrected chi connectivity index (χ0v) is 10.4. The van der Waals surface area contributed by atoms with Crippen molar-refractivity contribution in [3.8, 4) is 11.5 Å². The Kier molecular flexibility index (Phi) is 2.82. The second-order valence-electron chi connectivity index (χ2n) is 4.32. The molecule has 0 unspecified atom stereocenters. The molecule has 0 fully saturated rings. The number of nitro groups is 1. The Morgan fingerprint density at radius 1 is 1.50 bits per heavy atom. The normalized spacial score (nSPS) is 11.1. The molecule has 0 bridgehead atoms. The summed E-state index contributed by atoms with van der Waals surface area (Å²) in [6.07, 6.45) is 0. The van der Waals surface area contributed by atoms with Gasteiger partial charge < -0.3 is 10.2 Å². The number of anilines is 1. The van der Waals surface area contributed by atoms with Crippen LogP contribution in [0.4, 0.5) is 11.7 Å². The van der Waals surface area contributed by atoms with Gasteiger partial charge in [0.1, 0.15) is 16.4 Å². The van der Waals surface area contributed by atoms with Gasteiger partial charge in [0.2, 0.25) is 0 Å². The van der Waals surface area contributed by atoms with Crippen molar-refractivity contribution in [2.24, 2.45) is 7.05 Å². The smallest absolute Gasteiger partial charge is 0.399 e. The molecule has 2 N–H and O–H groups in total. The highest BCUT2D eigenvalue weighted by Gasteiger charge is 2.22. The lowest BCUT2D eigenvalue weighted by Gasteiger charge is -2.05. The largest absolute Gasteiger partial charge is 0.433 e. The van der Waals surface area contributed by atoms with Crippen LogP contribution in [0, 0.1) is 10.1 Å². The van der Waals surface area contributed by atoms with Crippen molar-refractivity contribution in [3.05, 3.63) is 27.8 Å². The van der Waals surface area contributed by atoms with Crippen molar-refractivity contribution < 1.29 is 9.34 Å². The molecule has 2 rings (SSSR count). The average Bonchev–Trinajstić information content (AvgIpc) is 2.84. The van der Waals surface area contributed by atoms with Crippen LogP contribution in [0.5, 0.6) is 0 Å². The molecule has 0 amide bonds. The molecular weight excluding hydrogens is 236 g/mol. The fourth-order valence-electron chi connectivity index (χ4n) is 1.86. The minimum atomic E-state index is -0.579. The van der Waals surface area contributed by atoms with Gasteiger partial charge in [0.15, 0.2) is 5.76 Å². The molecule has 18 heavy (non-hydrogen) atoms. The van der Waals surface area contributed by atoms with Crippen molar-refractivity contribution in [1.82, 2.24) is 9.78 Å². The first-order valence-corrected chi connectivity index (χ1v) is 5.48. The van der Waals surface area contributed by atoms with E-state index >= 15 is 0 Å². The van der Waals surface area contributed by atoms with Crippen LogP contribution in [0.1, 0.15) is 25.3 Å². The predicted octanol–water partition coefficient (Wildman–Crippen LogP) is 2.29. The van der Waals surface area contributed by atoms with Gasteiger partial charge in [-0.3, -0.25) is 14.8 Å². The molecule has 7 heteroatoms. The van der Waals surface area contributed by atoms with Gasteiger partial charge in [0.05, 0.1) is 6.07 Å². The summed E-state index contributed by atoms with van der Waals surface area (Å²) in [4.78, 5) is 10.0. The summed E-state index contributed by atoms with van der Waals surface area (Å²) in [6, 6.07) is 2.84. The second-order valence-corrected chi connectivity index (χ2v) is 4.32. The standard InChI is InChI=1S/C11H14N4O3/c1-6(2)9-10(13-14(3)11(9)12)7-4-5-8(18-7)15(16)17/h4-6H,12H2,1-3H3. The highest BCUT2D eigenvalue weighted by molar-refractivity contribution is 5.66. The van der Waals surface area contributed by atoms with E-state index in [1.807, 2.05) is 13.8 Å². The quantitative estimate of drug-likeness (QED) is 0.665. The van der Waals surface area contributed by atoms with Crippen molar-refractivity contribution in [3.63, 3.8) is 0 Å². The molecule has 0 aromatic carbocycles. The topological polar surface area (TPSA) is 100 Å². The first-order chi connectivity index (χ1) is 8.41. The van der Waals surface area contributed by atoms with Crippen LogP contribution in [0.3, 0.4) is 0 Å². The van der Waals surface area contributed by atoms with Gasteiger partial charge in [-0.15, -0.1) is 0 Å². The monoisotopic (exact) mass is 250 g/mol. The van der Waals surface area contributed by atoms with Crippen LogP contribution in [0.25, 0.3) is 11.5 Å². The number of aromatic nitrogens is 2. The van der Waals surface area contributed by atoms with E-state index in [0.29, 0.717) is 17.3 Å². The molecule has 0 radical (unpaired) electrons. The fraction of sp³-hybridized carbons (Fsp3) is 0.364. The van der Waals surface area contributed by atoms with Crippen LogP contribution < -0.4 is 5.73 Å². The van der Waals surface area contributed by atoms with Gasteiger partial charge in [-0.2, -0.15) is 5.10 Å². The van der Waals surface area contributed by atoms with E-state index in [1.165, 1.54) is 12.1 Å². The molecule has 0 saturated carbocycles. The van der Waals surface area contributed by atoms with Crippen LogP contribution in [0.15, 0.2) is 16.5 Å². The van der Waals surface area contributed by atoms with Crippen molar-refractivity contribution >= 4 is 11.7 Å². The minimum Gasteiger partial charge on any atom is -0.399 e. The fourth-order valence-corrected chi connectivity index (χ4v) is 1.86. The van der Waals surface area contributed by atoms with Gasteiger partial charge in [0, 0.05) is 12.6 Å². The van der Waals surface area contributed by atoms with Gasteiger partial charge in [0.25, 0.3) is 0 Å². The summed E-state index contributed by atoms with van der Waals surface area (Å²) in [5.41, 5.74) is 7.32. The summed E-state index contributed by atoms with van der Waals surface area (Å²) in [5.74, 6) is 0.749. The zero-order chi connectivity index (χ0) is 13.4. The van der Waals surface area contributed by atoms with Gasteiger partial charge >= 0.3 is 5.88 Å². The highest BCUT2D eigenvalue weighted by Crippen LogP contribution is 2.34. The first-order valence-electron chi connectivity index (χ1n) is 5.48. The molecule has 7 nitrogen and oxygen atoms in total. The van der Waals surface area contributed by atoms with E-state index in [-0.39, 0.29) is 11.8 Å². The molecule has 2 aromatic rings. The van der Waals surface area contributed by atoms with E-state index < -0.39 is 4.92 Å². The van der Waals surface area contributed by atoms with Crippen LogP contribution in [-0.4, -0.2) is 14.7 Å². The molecule has 0 spiro atoms. The number of nitrogen functional groups attached to an aromatic ring is 1. The molecule has 0 aliphatic rings. The molecule has 0 aliphatic heterocycles. The lowest BCUT2D eigenvalue weighted by molar-refractivity contribution is -0.401. The molecule has 0 atom stereocenters. The Morgan fingerprint density at radius 3 is 2.67 bits per heavy atom. The third-order valence-electron chi connectivity index (χ3n) is 2.71. The maximum Gasteiger partial charge on any atom is 0.433 e. The molecule has 2 aromatic heterocycles. The third kappa shape index (κ3) is 1.83. The number of hydrogen-bond acceptors (Lipinski definition) is 5. The lowest BCUT2D eigenvalue weighted by atomic mass is 10.0. The zero-order valence-electron chi connectivity index (χ0n) is 10.4. The van der Waals surface area contributed by atoms with Gasteiger partial charge in [-0.25, -0.2) is 0 Å². The molecular formula is C11H14N4O3. The molecule has 0 aliphatic carbocycles. The summed E-state index contributed by atoms with van der Waals surface area (Å²) >= 11 is 0. The maximum absolute atomic E-state index is 10.6. The Hall–Kier alpha value is -2.31. The number of aryl methyl sites for hydroxylation is 1. The molecule has 2 heterocycles. The first kappa shape index (κ1) is 12.2. The van der Waals surface area contributed by atoms with Gasteiger partial charge in [-0.05, 0) is 12.0 Å². The number of rotatable bonds is 3. The summed E-state index contributed by atoms with van der Waals surface area (Å²) < 4.78 is 6.70. The van der Waals surface area contributed by atoms with Crippen molar-refractivity contribution in [2.45, 2.75) is 19.8 Å². The van der Waals surface area contributed by atoms with Crippen LogP contribution >= 0.6 is 0 Å².